The molecule has 5 rings (SSSR count). The maximum Gasteiger partial charge on any atom is 0.325 e. The van der Waals surface area contributed by atoms with Gasteiger partial charge in [0, 0.05) is 28.9 Å². The molecule has 5 aromatic rings. The topological polar surface area (TPSA) is 56.2 Å². The van der Waals surface area contributed by atoms with Crippen molar-refractivity contribution in [2.45, 2.75) is 26.8 Å². The molecule has 5 heteroatoms. The predicted octanol–water partition coefficient (Wildman–Crippen LogP) is 7.94. The van der Waals surface area contributed by atoms with Crippen molar-refractivity contribution < 1.29 is 9.53 Å². The second-order valence-electron chi connectivity index (χ2n) is 9.30. The fraction of sp³-hybridized carbons (Fsp3) is 0.176. The van der Waals surface area contributed by atoms with Crippen LogP contribution in [0, 0.1) is 0 Å². The molecule has 0 amide bonds. The average Bonchev–Trinajstić information content (AvgIpc) is 3.36. The normalized spacial score (nSPS) is 10.8. The second-order valence-corrected chi connectivity index (χ2v) is 9.30. The molecule has 5 nitrogen and oxygen atoms in total. The Bertz CT molecular complexity index is 1540. The van der Waals surface area contributed by atoms with Gasteiger partial charge in [0.2, 0.25) is 0 Å². The molecule has 0 radical (unpaired) electrons. The molecule has 4 aromatic carbocycles. The van der Waals surface area contributed by atoms with Crippen LogP contribution in [0.1, 0.15) is 20.3 Å². The third kappa shape index (κ3) is 5.78. The van der Waals surface area contributed by atoms with Gasteiger partial charge >= 0.3 is 5.97 Å². The van der Waals surface area contributed by atoms with E-state index < -0.39 is 0 Å². The standard InChI is InChI=1S/C34H33N3O2/c1-3-22-37-33(26-16-9-6-10-17-26)32(25-14-7-5-8-15-25)36-34(37)30-21-12-11-20-29(30)27-18-13-19-28(23-27)35-24-31(38)39-4-2/h5-21,23,35H,3-4,22,24H2,1-2H3. The number of ether oxygens (including phenoxy) is 1. The zero-order valence-electron chi connectivity index (χ0n) is 22.4. The van der Waals surface area contributed by atoms with Crippen molar-refractivity contribution >= 4 is 11.7 Å². The molecular formula is C34H33N3O2. The van der Waals surface area contributed by atoms with Crippen molar-refractivity contribution in [1.82, 2.24) is 9.55 Å². The SMILES string of the molecule is CCCn1c(-c2ccccc2-c2cccc(NCC(=O)OCC)c2)nc(-c2ccccc2)c1-c1ccccc1. The van der Waals surface area contributed by atoms with Gasteiger partial charge in [0.15, 0.2) is 0 Å². The Morgan fingerprint density at radius 1 is 0.769 bits per heavy atom. The zero-order valence-corrected chi connectivity index (χ0v) is 22.4. The summed E-state index contributed by atoms with van der Waals surface area (Å²) in [5, 5.41) is 3.19. The molecule has 0 aliphatic heterocycles. The molecule has 0 saturated heterocycles. The minimum atomic E-state index is -0.272. The molecule has 0 saturated carbocycles. The molecule has 196 valence electrons. The number of imidazole rings is 1. The number of carbonyl (C=O) groups excluding carboxylic acids is 1. The molecule has 0 spiro atoms. The molecule has 0 aliphatic carbocycles. The van der Waals surface area contributed by atoms with E-state index in [-0.39, 0.29) is 12.5 Å². The molecule has 0 fully saturated rings. The number of benzene rings is 4. The number of hydrogen-bond donors (Lipinski definition) is 1. The van der Waals surface area contributed by atoms with E-state index in [1.54, 1.807) is 0 Å². The minimum absolute atomic E-state index is 0.126. The Morgan fingerprint density at radius 3 is 2.10 bits per heavy atom. The number of nitrogens with one attached hydrogen (secondary N) is 1. The Hall–Kier alpha value is -4.64. The summed E-state index contributed by atoms with van der Waals surface area (Å²) in [4.78, 5) is 17.2. The summed E-state index contributed by atoms with van der Waals surface area (Å²) in [5.41, 5.74) is 8.39. The summed E-state index contributed by atoms with van der Waals surface area (Å²) >= 11 is 0. The molecule has 0 atom stereocenters. The average molecular weight is 516 g/mol. The van der Waals surface area contributed by atoms with Crippen LogP contribution in [0.3, 0.4) is 0 Å². The lowest BCUT2D eigenvalue weighted by Gasteiger charge is -2.15. The smallest absolute Gasteiger partial charge is 0.325 e. The molecule has 1 aromatic heterocycles. The largest absolute Gasteiger partial charge is 0.465 e. The van der Waals surface area contributed by atoms with Crippen LogP contribution in [0.2, 0.25) is 0 Å². The van der Waals surface area contributed by atoms with Gasteiger partial charge in [-0.1, -0.05) is 104 Å². The van der Waals surface area contributed by atoms with Gasteiger partial charge in [0.25, 0.3) is 0 Å². The number of esters is 1. The second kappa shape index (κ2) is 12.3. The Balaban J connectivity index is 1.65. The van der Waals surface area contributed by atoms with E-state index in [0.29, 0.717) is 6.61 Å². The zero-order chi connectivity index (χ0) is 27.0. The maximum atomic E-state index is 11.9. The van der Waals surface area contributed by atoms with E-state index in [2.05, 4.69) is 102 Å². The highest BCUT2D eigenvalue weighted by Crippen LogP contribution is 2.39. The summed E-state index contributed by atoms with van der Waals surface area (Å²) in [6.07, 6.45) is 0.979. The lowest BCUT2D eigenvalue weighted by atomic mass is 9.98. The fourth-order valence-electron chi connectivity index (χ4n) is 4.90. The lowest BCUT2D eigenvalue weighted by Crippen LogP contribution is -2.16. The van der Waals surface area contributed by atoms with Gasteiger partial charge in [0.1, 0.15) is 12.4 Å². The number of carbonyl (C=O) groups is 1. The summed E-state index contributed by atoms with van der Waals surface area (Å²) < 4.78 is 7.43. The first-order valence-electron chi connectivity index (χ1n) is 13.5. The predicted molar refractivity (Wildman–Crippen MR) is 159 cm³/mol. The number of rotatable bonds is 10. The Kier molecular flexibility index (Phi) is 8.18. The third-order valence-electron chi connectivity index (χ3n) is 6.59. The summed E-state index contributed by atoms with van der Waals surface area (Å²) in [6.45, 7) is 5.35. The van der Waals surface area contributed by atoms with Crippen LogP contribution in [0.25, 0.3) is 45.0 Å². The van der Waals surface area contributed by atoms with E-state index in [9.17, 15) is 4.79 Å². The van der Waals surface area contributed by atoms with Crippen molar-refractivity contribution in [2.75, 3.05) is 18.5 Å². The Morgan fingerprint density at radius 2 is 1.41 bits per heavy atom. The van der Waals surface area contributed by atoms with Crippen LogP contribution in [0.15, 0.2) is 109 Å². The van der Waals surface area contributed by atoms with Crippen LogP contribution < -0.4 is 5.32 Å². The van der Waals surface area contributed by atoms with E-state index >= 15 is 0 Å². The Labute approximate surface area is 230 Å². The molecular weight excluding hydrogens is 482 g/mol. The number of aromatic nitrogens is 2. The van der Waals surface area contributed by atoms with Gasteiger partial charge in [-0.25, -0.2) is 4.98 Å². The van der Waals surface area contributed by atoms with Crippen LogP contribution in [0.5, 0.6) is 0 Å². The summed E-state index contributed by atoms with van der Waals surface area (Å²) in [6, 6.07) is 37.5. The van der Waals surface area contributed by atoms with Crippen LogP contribution >= 0.6 is 0 Å². The van der Waals surface area contributed by atoms with Crippen molar-refractivity contribution in [2.24, 2.45) is 0 Å². The van der Waals surface area contributed by atoms with Crippen molar-refractivity contribution in [3.05, 3.63) is 109 Å². The van der Waals surface area contributed by atoms with Gasteiger partial charge in [-0.15, -0.1) is 0 Å². The van der Waals surface area contributed by atoms with Gasteiger partial charge < -0.3 is 14.6 Å². The quantitative estimate of drug-likeness (QED) is 0.192. The monoisotopic (exact) mass is 515 g/mol. The lowest BCUT2D eigenvalue weighted by molar-refractivity contribution is -0.140. The van der Waals surface area contributed by atoms with Crippen LogP contribution in [-0.4, -0.2) is 28.7 Å². The maximum absolute atomic E-state index is 11.9. The molecule has 0 bridgehead atoms. The van der Waals surface area contributed by atoms with Gasteiger partial charge in [0.05, 0.1) is 18.0 Å². The molecule has 0 unspecified atom stereocenters. The highest BCUT2D eigenvalue weighted by Gasteiger charge is 2.22. The number of nitrogens with zero attached hydrogens (tertiary/aromatic N) is 2. The first kappa shape index (κ1) is 26.0. The van der Waals surface area contributed by atoms with E-state index in [1.807, 2.05) is 31.2 Å². The molecule has 39 heavy (non-hydrogen) atoms. The summed E-state index contributed by atoms with van der Waals surface area (Å²) in [5.74, 6) is 0.668. The van der Waals surface area contributed by atoms with Gasteiger partial charge in [-0.05, 0) is 36.6 Å². The van der Waals surface area contributed by atoms with Crippen molar-refractivity contribution in [3.8, 4) is 45.0 Å². The molecule has 0 aliphatic rings. The summed E-state index contributed by atoms with van der Waals surface area (Å²) in [7, 11) is 0. The van der Waals surface area contributed by atoms with E-state index in [4.69, 9.17) is 9.72 Å². The first-order valence-corrected chi connectivity index (χ1v) is 13.5. The van der Waals surface area contributed by atoms with E-state index in [1.165, 1.54) is 0 Å². The van der Waals surface area contributed by atoms with Crippen LogP contribution in [0.4, 0.5) is 5.69 Å². The van der Waals surface area contributed by atoms with Gasteiger partial charge in [-0.3, -0.25) is 4.79 Å². The van der Waals surface area contributed by atoms with Crippen molar-refractivity contribution in [3.63, 3.8) is 0 Å². The highest BCUT2D eigenvalue weighted by atomic mass is 16.5. The molecule has 1 N–H and O–H groups in total. The number of hydrogen-bond acceptors (Lipinski definition) is 4. The first-order chi connectivity index (χ1) is 19.2. The molecule has 1 heterocycles. The fourth-order valence-corrected chi connectivity index (χ4v) is 4.90. The number of anilines is 1. The highest BCUT2D eigenvalue weighted by molar-refractivity contribution is 5.87. The third-order valence-corrected chi connectivity index (χ3v) is 6.59. The van der Waals surface area contributed by atoms with Crippen molar-refractivity contribution in [1.29, 1.82) is 0 Å². The van der Waals surface area contributed by atoms with Gasteiger partial charge in [-0.2, -0.15) is 0 Å². The van der Waals surface area contributed by atoms with Crippen LogP contribution in [-0.2, 0) is 16.1 Å². The minimum Gasteiger partial charge on any atom is -0.465 e. The van der Waals surface area contributed by atoms with E-state index in [0.717, 1.165) is 63.7 Å².